The van der Waals surface area contributed by atoms with Gasteiger partial charge in [0.1, 0.15) is 24.4 Å². The van der Waals surface area contributed by atoms with Gasteiger partial charge in [0, 0.05) is 34.8 Å². The number of carbonyl (C=O) groups excluding carboxylic acids is 2. The quantitative estimate of drug-likeness (QED) is 0.155. The number of imide groups is 1. The number of para-hydroxylation sites is 1. The molecule has 0 unspecified atom stereocenters. The Hall–Kier alpha value is -4.65. The molecule has 5 N–H and O–H groups in total. The lowest BCUT2D eigenvalue weighted by molar-refractivity contribution is -0.687. The molecule has 5 atom stereocenters. The topological polar surface area (TPSA) is 152 Å². The van der Waals surface area contributed by atoms with E-state index < -0.39 is 49.1 Å². The minimum absolute atomic E-state index is 0.249. The van der Waals surface area contributed by atoms with Crippen LogP contribution in [0.5, 0.6) is 0 Å². The van der Waals surface area contributed by atoms with Gasteiger partial charge in [-0.2, -0.15) is 0 Å². The van der Waals surface area contributed by atoms with Gasteiger partial charge >= 0.3 is 0 Å². The predicted molar refractivity (Wildman–Crippen MR) is 160 cm³/mol. The molecule has 44 heavy (non-hydrogen) atoms. The number of carbonyl (C=O) groups is 2. The maximum absolute atomic E-state index is 13.8. The molecule has 2 aliphatic heterocycles. The first-order valence-corrected chi connectivity index (χ1v) is 14.4. The summed E-state index contributed by atoms with van der Waals surface area (Å²) in [5.41, 5.74) is 3.99. The van der Waals surface area contributed by atoms with Crippen LogP contribution in [-0.4, -0.2) is 84.8 Å². The van der Waals surface area contributed by atoms with Crippen molar-refractivity contribution in [2.45, 2.75) is 37.2 Å². The minimum Gasteiger partial charge on any atom is -0.394 e. The van der Waals surface area contributed by atoms with E-state index in [9.17, 15) is 30.0 Å². The van der Waals surface area contributed by atoms with Crippen molar-refractivity contribution in [2.24, 2.45) is 0 Å². The average Bonchev–Trinajstić information content (AvgIpc) is 3.65. The number of fused-ring (bicyclic) bond motifs is 10. The maximum Gasteiger partial charge on any atom is 0.262 e. The highest BCUT2D eigenvalue weighted by atomic mass is 16.6. The Morgan fingerprint density at radius 1 is 0.864 bits per heavy atom. The normalized spacial score (nSPS) is 23.9. The molecule has 3 aromatic heterocycles. The molecule has 6 aromatic rings. The van der Waals surface area contributed by atoms with E-state index >= 15 is 0 Å². The summed E-state index contributed by atoms with van der Waals surface area (Å²) in [5, 5.41) is 44.9. The Balaban J connectivity index is 1.50. The first kappa shape index (κ1) is 26.9. The third-order valence-electron chi connectivity index (χ3n) is 9.06. The fraction of sp³-hybridized carbons (Fsp3) is 0.242. The second kappa shape index (κ2) is 9.68. The van der Waals surface area contributed by atoms with E-state index in [0.29, 0.717) is 44.8 Å². The number of rotatable bonds is 4. The number of pyridine rings is 1. The minimum atomic E-state index is -1.61. The van der Waals surface area contributed by atoms with E-state index in [1.807, 2.05) is 65.5 Å². The Morgan fingerprint density at radius 2 is 1.57 bits per heavy atom. The van der Waals surface area contributed by atoms with Crippen molar-refractivity contribution in [3.63, 3.8) is 0 Å². The largest absolute Gasteiger partial charge is 0.394 e. The standard InChI is InChI=1S/C33H28N4O7/c1-35-31(42)24-22-18-14-36(13-16-7-3-2-4-8-16)12-11-19(18)34-26(22)27-23(25(24)32(35)43)17-9-5-6-10-20(17)37(27)33-30(41)29(40)28(39)21(15-38)44-33/h2-12,14,21,28-30,33,38-41H,13,15H2,1H3/p+1/t21-,28-,29+,30-,33-/m1/s1. The highest BCUT2D eigenvalue weighted by Crippen LogP contribution is 2.46. The van der Waals surface area contributed by atoms with Gasteiger partial charge in [0.2, 0.25) is 0 Å². The van der Waals surface area contributed by atoms with Crippen molar-refractivity contribution < 1.29 is 39.3 Å². The van der Waals surface area contributed by atoms with Crippen LogP contribution < -0.4 is 4.57 Å². The lowest BCUT2D eigenvalue weighted by atomic mass is 9.96. The molecule has 2 aliphatic rings. The van der Waals surface area contributed by atoms with Gasteiger partial charge in [-0.3, -0.25) is 14.5 Å². The molecule has 222 valence electrons. The van der Waals surface area contributed by atoms with Gasteiger partial charge in [-0.05, 0) is 6.07 Å². The molecule has 0 aliphatic carbocycles. The Morgan fingerprint density at radius 3 is 2.32 bits per heavy atom. The van der Waals surface area contributed by atoms with Crippen LogP contribution in [0.4, 0.5) is 0 Å². The molecule has 2 amide bonds. The van der Waals surface area contributed by atoms with Gasteiger partial charge in [0.25, 0.3) is 11.8 Å². The van der Waals surface area contributed by atoms with Crippen molar-refractivity contribution in [1.29, 1.82) is 0 Å². The zero-order valence-corrected chi connectivity index (χ0v) is 23.6. The highest BCUT2D eigenvalue weighted by Gasteiger charge is 2.46. The van der Waals surface area contributed by atoms with E-state index in [4.69, 9.17) is 4.74 Å². The molecule has 1 saturated heterocycles. The van der Waals surface area contributed by atoms with E-state index in [1.54, 1.807) is 16.7 Å². The molecule has 8 rings (SSSR count). The van der Waals surface area contributed by atoms with Crippen molar-refractivity contribution in [3.8, 4) is 0 Å². The summed E-state index contributed by atoms with van der Waals surface area (Å²) >= 11 is 0. The first-order valence-electron chi connectivity index (χ1n) is 14.4. The zero-order chi connectivity index (χ0) is 30.4. The zero-order valence-electron chi connectivity index (χ0n) is 23.6. The van der Waals surface area contributed by atoms with E-state index in [2.05, 4.69) is 4.98 Å². The third kappa shape index (κ3) is 3.58. The van der Waals surface area contributed by atoms with Crippen molar-refractivity contribution >= 4 is 55.4 Å². The summed E-state index contributed by atoms with van der Waals surface area (Å²) in [7, 11) is 1.46. The van der Waals surface area contributed by atoms with E-state index in [0.717, 1.165) is 21.4 Å². The molecule has 5 heterocycles. The number of H-pyrrole nitrogens is 1. The van der Waals surface area contributed by atoms with Crippen LogP contribution >= 0.6 is 0 Å². The summed E-state index contributed by atoms with van der Waals surface area (Å²) < 4.78 is 9.77. The molecule has 0 spiro atoms. The number of aliphatic hydroxyl groups excluding tert-OH is 4. The van der Waals surface area contributed by atoms with Gasteiger partial charge in [0.15, 0.2) is 25.2 Å². The Labute approximate surface area is 249 Å². The van der Waals surface area contributed by atoms with Crippen LogP contribution in [0.2, 0.25) is 0 Å². The number of aliphatic hydroxyl groups is 4. The highest BCUT2D eigenvalue weighted by molar-refractivity contribution is 6.39. The number of ether oxygens (including phenoxy) is 1. The van der Waals surface area contributed by atoms with Crippen LogP contribution in [-0.2, 0) is 11.3 Å². The number of hydrogen-bond acceptors (Lipinski definition) is 7. The second-order valence-electron chi connectivity index (χ2n) is 11.6. The Bertz CT molecular complexity index is 2150. The average molecular weight is 594 g/mol. The SMILES string of the molecule is CN1C(=O)c2c(c3c4ccccc4n([C@@H]4O[C@H](CO)[C@@H](O)[C@H](O)[C@H]4O)c3c3[nH]c4cc[n+](Cc5ccccc5)cc4c23)C1=O. The van der Waals surface area contributed by atoms with Gasteiger partial charge in [-0.25, -0.2) is 4.57 Å². The maximum atomic E-state index is 13.8. The van der Waals surface area contributed by atoms with Crippen LogP contribution in [0.25, 0.3) is 43.6 Å². The summed E-state index contributed by atoms with van der Waals surface area (Å²) in [6.07, 6.45) is -3.22. The number of aromatic amines is 1. The summed E-state index contributed by atoms with van der Waals surface area (Å²) in [5.74, 6) is -0.864. The molecule has 0 bridgehead atoms. The summed E-state index contributed by atoms with van der Waals surface area (Å²) in [4.78, 5) is 32.2. The first-order chi connectivity index (χ1) is 21.3. The molecule has 0 saturated carbocycles. The van der Waals surface area contributed by atoms with Crippen LogP contribution in [0.3, 0.4) is 0 Å². The van der Waals surface area contributed by atoms with Gasteiger partial charge in [-0.15, -0.1) is 0 Å². The van der Waals surface area contributed by atoms with Crippen molar-refractivity contribution in [1.82, 2.24) is 14.5 Å². The third-order valence-corrected chi connectivity index (χ3v) is 9.06. The van der Waals surface area contributed by atoms with E-state index in [-0.39, 0.29) is 5.56 Å². The number of nitrogens with zero attached hydrogens (tertiary/aromatic N) is 3. The van der Waals surface area contributed by atoms with Gasteiger partial charge in [0.05, 0.1) is 45.2 Å². The number of nitrogens with one attached hydrogen (secondary N) is 1. The fourth-order valence-corrected chi connectivity index (χ4v) is 6.94. The van der Waals surface area contributed by atoms with Crippen LogP contribution in [0.15, 0.2) is 73.1 Å². The second-order valence-corrected chi connectivity index (χ2v) is 11.6. The molecule has 11 heteroatoms. The number of benzene rings is 3. The smallest absolute Gasteiger partial charge is 0.262 e. The molecule has 3 aromatic carbocycles. The summed E-state index contributed by atoms with van der Waals surface area (Å²) in [6.45, 7) is 0.000768. The van der Waals surface area contributed by atoms with Crippen LogP contribution in [0.1, 0.15) is 32.5 Å². The van der Waals surface area contributed by atoms with Gasteiger partial charge in [-0.1, -0.05) is 48.5 Å². The Kier molecular flexibility index (Phi) is 5.93. The van der Waals surface area contributed by atoms with Gasteiger partial charge < -0.3 is 34.7 Å². The fourth-order valence-electron chi connectivity index (χ4n) is 6.94. The lowest BCUT2D eigenvalue weighted by Gasteiger charge is -2.41. The predicted octanol–water partition coefficient (Wildman–Crippen LogP) is 1.96. The molecular weight excluding hydrogens is 564 g/mol. The number of hydrogen-bond donors (Lipinski definition) is 5. The summed E-state index contributed by atoms with van der Waals surface area (Å²) in [6, 6.07) is 19.1. The number of amides is 2. The van der Waals surface area contributed by atoms with Crippen molar-refractivity contribution in [3.05, 3.63) is 89.7 Å². The van der Waals surface area contributed by atoms with E-state index in [1.165, 1.54) is 7.05 Å². The molecule has 11 nitrogen and oxygen atoms in total. The molecular formula is C33H29N4O7+. The monoisotopic (exact) mass is 593 g/mol. The number of aromatic nitrogens is 3. The van der Waals surface area contributed by atoms with Crippen LogP contribution in [0, 0.1) is 0 Å². The van der Waals surface area contributed by atoms with Crippen molar-refractivity contribution in [2.75, 3.05) is 13.7 Å². The molecule has 1 fully saturated rings. The molecule has 0 radical (unpaired) electrons. The lowest BCUT2D eigenvalue weighted by Crippen LogP contribution is -2.56.